The number of pyridine rings is 2. The summed E-state index contributed by atoms with van der Waals surface area (Å²) in [5.41, 5.74) is 0.0662. The first-order valence-corrected chi connectivity index (χ1v) is 9.59. The zero-order valence-corrected chi connectivity index (χ0v) is 16.6. The third kappa shape index (κ3) is 4.13. The molecule has 0 unspecified atom stereocenters. The van der Waals surface area contributed by atoms with Crippen molar-refractivity contribution in [1.82, 2.24) is 20.2 Å². The molecule has 1 N–H and O–H groups in total. The minimum Gasteiger partial charge on any atom is -0.378 e. The highest BCUT2D eigenvalue weighted by atomic mass is 19.4. The van der Waals surface area contributed by atoms with Crippen molar-refractivity contribution in [1.29, 1.82) is 0 Å². The summed E-state index contributed by atoms with van der Waals surface area (Å²) >= 11 is 0. The second-order valence-corrected chi connectivity index (χ2v) is 7.13. The summed E-state index contributed by atoms with van der Waals surface area (Å²) < 4.78 is 44.4. The van der Waals surface area contributed by atoms with Crippen molar-refractivity contribution in [3.8, 4) is 0 Å². The fourth-order valence-electron chi connectivity index (χ4n) is 3.36. The van der Waals surface area contributed by atoms with Crippen molar-refractivity contribution in [2.75, 3.05) is 36.5 Å². The van der Waals surface area contributed by atoms with E-state index in [1.807, 2.05) is 13.0 Å². The van der Waals surface area contributed by atoms with E-state index in [4.69, 9.17) is 4.74 Å². The standard InChI is InChI=1S/C20H21F3N6O/c1-12-15-11-24-18(29-6-8-30-9-7-29)10-14(15)19(28-27-12)25-13(2)16-4-3-5-17(26-16)20(21,22)23/h3-5,10-11,13H,6-9H2,1-2H3,(H,25,28)/t13-/m1/s1. The molecule has 1 atom stereocenters. The first-order valence-electron chi connectivity index (χ1n) is 9.59. The van der Waals surface area contributed by atoms with Gasteiger partial charge in [0, 0.05) is 30.1 Å². The van der Waals surface area contributed by atoms with E-state index < -0.39 is 17.9 Å². The van der Waals surface area contributed by atoms with Crippen molar-refractivity contribution < 1.29 is 17.9 Å². The molecule has 0 bridgehead atoms. The molecule has 1 fully saturated rings. The van der Waals surface area contributed by atoms with Gasteiger partial charge in [-0.3, -0.25) is 0 Å². The van der Waals surface area contributed by atoms with Gasteiger partial charge in [0.2, 0.25) is 0 Å². The molecule has 30 heavy (non-hydrogen) atoms. The van der Waals surface area contributed by atoms with Gasteiger partial charge < -0.3 is 15.0 Å². The molecule has 1 aliphatic rings. The number of anilines is 2. The molecule has 0 spiro atoms. The Morgan fingerprint density at radius 3 is 2.63 bits per heavy atom. The number of aromatic nitrogens is 4. The molecule has 0 aromatic carbocycles. The smallest absolute Gasteiger partial charge is 0.378 e. The van der Waals surface area contributed by atoms with Gasteiger partial charge in [0.15, 0.2) is 5.82 Å². The first kappa shape index (κ1) is 20.3. The monoisotopic (exact) mass is 418 g/mol. The Morgan fingerprint density at radius 1 is 1.13 bits per heavy atom. The number of nitrogens with zero attached hydrogens (tertiary/aromatic N) is 5. The van der Waals surface area contributed by atoms with Gasteiger partial charge in [-0.2, -0.15) is 18.3 Å². The predicted molar refractivity (Wildman–Crippen MR) is 106 cm³/mol. The molecular weight excluding hydrogens is 397 g/mol. The molecule has 1 aliphatic heterocycles. The SMILES string of the molecule is Cc1nnc(N[C@H](C)c2cccc(C(F)(F)F)n2)c2cc(N3CCOCC3)ncc12. The van der Waals surface area contributed by atoms with Crippen molar-refractivity contribution in [3.63, 3.8) is 0 Å². The van der Waals surface area contributed by atoms with Crippen LogP contribution in [0.4, 0.5) is 24.8 Å². The Kier molecular flexibility index (Phi) is 5.42. The van der Waals surface area contributed by atoms with Crippen LogP contribution in [0, 0.1) is 6.92 Å². The number of aryl methyl sites for hydroxylation is 1. The number of halogens is 3. The van der Waals surface area contributed by atoms with Gasteiger partial charge in [0.25, 0.3) is 0 Å². The molecule has 0 aliphatic carbocycles. The second kappa shape index (κ2) is 8.02. The Balaban J connectivity index is 1.67. The van der Waals surface area contributed by atoms with E-state index in [1.54, 1.807) is 19.2 Å². The third-order valence-corrected chi connectivity index (χ3v) is 5.03. The van der Waals surface area contributed by atoms with Gasteiger partial charge in [-0.05, 0) is 32.0 Å². The van der Waals surface area contributed by atoms with E-state index in [9.17, 15) is 13.2 Å². The van der Waals surface area contributed by atoms with Crippen molar-refractivity contribution in [3.05, 3.63) is 47.5 Å². The molecular formula is C20H21F3N6O. The largest absolute Gasteiger partial charge is 0.433 e. The molecule has 10 heteroatoms. The lowest BCUT2D eigenvalue weighted by molar-refractivity contribution is -0.141. The van der Waals surface area contributed by atoms with Crippen molar-refractivity contribution >= 4 is 22.4 Å². The Morgan fingerprint density at radius 2 is 1.90 bits per heavy atom. The summed E-state index contributed by atoms with van der Waals surface area (Å²) in [4.78, 5) is 10.4. The van der Waals surface area contributed by atoms with Crippen LogP contribution in [0.3, 0.4) is 0 Å². The number of rotatable bonds is 4. The zero-order chi connectivity index (χ0) is 21.3. The quantitative estimate of drug-likeness (QED) is 0.691. The Hall–Kier alpha value is -3.01. The van der Waals surface area contributed by atoms with Crippen LogP contribution in [0.1, 0.15) is 30.0 Å². The average molecular weight is 418 g/mol. The Labute approximate surface area is 171 Å². The fourth-order valence-corrected chi connectivity index (χ4v) is 3.36. The van der Waals surface area contributed by atoms with E-state index in [0.29, 0.717) is 19.0 Å². The fraction of sp³-hybridized carbons (Fsp3) is 0.400. The molecule has 1 saturated heterocycles. The summed E-state index contributed by atoms with van der Waals surface area (Å²) in [7, 11) is 0. The van der Waals surface area contributed by atoms with Gasteiger partial charge in [-0.25, -0.2) is 9.97 Å². The molecule has 7 nitrogen and oxygen atoms in total. The Bertz CT molecular complexity index is 1050. The molecule has 4 heterocycles. The lowest BCUT2D eigenvalue weighted by Crippen LogP contribution is -2.36. The molecule has 0 saturated carbocycles. The van der Waals surface area contributed by atoms with E-state index in [2.05, 4.69) is 30.4 Å². The van der Waals surface area contributed by atoms with E-state index in [-0.39, 0.29) is 5.69 Å². The van der Waals surface area contributed by atoms with Crippen LogP contribution < -0.4 is 10.2 Å². The summed E-state index contributed by atoms with van der Waals surface area (Å²) in [6.07, 6.45) is -2.74. The highest BCUT2D eigenvalue weighted by Gasteiger charge is 2.32. The van der Waals surface area contributed by atoms with Crippen LogP contribution >= 0.6 is 0 Å². The van der Waals surface area contributed by atoms with E-state index in [1.165, 1.54) is 6.07 Å². The molecule has 3 aromatic rings. The summed E-state index contributed by atoms with van der Waals surface area (Å²) in [5.74, 6) is 1.27. The van der Waals surface area contributed by atoms with Gasteiger partial charge in [-0.15, -0.1) is 5.10 Å². The molecule has 0 radical (unpaired) electrons. The topological polar surface area (TPSA) is 76.1 Å². The lowest BCUT2D eigenvalue weighted by Gasteiger charge is -2.28. The minimum atomic E-state index is -4.50. The number of hydrogen-bond donors (Lipinski definition) is 1. The van der Waals surface area contributed by atoms with Crippen molar-refractivity contribution in [2.45, 2.75) is 26.1 Å². The second-order valence-electron chi connectivity index (χ2n) is 7.13. The summed E-state index contributed by atoms with van der Waals surface area (Å²) in [5, 5.41) is 13.2. The number of morpholine rings is 1. The number of hydrogen-bond acceptors (Lipinski definition) is 7. The number of ether oxygens (including phenoxy) is 1. The third-order valence-electron chi connectivity index (χ3n) is 5.03. The minimum absolute atomic E-state index is 0.266. The maximum atomic E-state index is 13.0. The van der Waals surface area contributed by atoms with E-state index >= 15 is 0 Å². The van der Waals surface area contributed by atoms with Crippen LogP contribution in [0.2, 0.25) is 0 Å². The highest BCUT2D eigenvalue weighted by molar-refractivity contribution is 5.94. The van der Waals surface area contributed by atoms with Crippen molar-refractivity contribution in [2.24, 2.45) is 0 Å². The molecule has 0 amide bonds. The number of fused-ring (bicyclic) bond motifs is 1. The van der Waals surface area contributed by atoms with Crippen LogP contribution in [-0.4, -0.2) is 46.5 Å². The van der Waals surface area contributed by atoms with Gasteiger partial charge in [-0.1, -0.05) is 6.07 Å². The highest BCUT2D eigenvalue weighted by Crippen LogP contribution is 2.31. The average Bonchev–Trinajstić information content (AvgIpc) is 2.75. The number of alkyl halides is 3. The maximum absolute atomic E-state index is 13.0. The molecule has 158 valence electrons. The van der Waals surface area contributed by atoms with Crippen LogP contribution in [0.15, 0.2) is 30.5 Å². The number of nitrogens with one attached hydrogen (secondary N) is 1. The van der Waals surface area contributed by atoms with Gasteiger partial charge in [0.05, 0.1) is 30.6 Å². The molecule has 3 aromatic heterocycles. The summed E-state index contributed by atoms with van der Waals surface area (Å²) in [6.45, 7) is 6.33. The van der Waals surface area contributed by atoms with Crippen LogP contribution in [0.25, 0.3) is 10.8 Å². The van der Waals surface area contributed by atoms with E-state index in [0.717, 1.165) is 41.4 Å². The first-order chi connectivity index (χ1) is 14.3. The summed E-state index contributed by atoms with van der Waals surface area (Å²) in [6, 6.07) is 5.28. The normalized spacial score (nSPS) is 16.0. The van der Waals surface area contributed by atoms with Crippen LogP contribution in [0.5, 0.6) is 0 Å². The van der Waals surface area contributed by atoms with Gasteiger partial charge in [0.1, 0.15) is 11.5 Å². The zero-order valence-electron chi connectivity index (χ0n) is 16.6. The molecule has 4 rings (SSSR count). The predicted octanol–water partition coefficient (Wildman–Crippen LogP) is 3.76. The lowest BCUT2D eigenvalue weighted by atomic mass is 10.1. The van der Waals surface area contributed by atoms with Crippen LogP contribution in [-0.2, 0) is 10.9 Å². The van der Waals surface area contributed by atoms with Gasteiger partial charge >= 0.3 is 6.18 Å². The maximum Gasteiger partial charge on any atom is 0.433 e.